The zero-order valence-corrected chi connectivity index (χ0v) is 16.8. The van der Waals surface area contributed by atoms with E-state index in [1.165, 1.54) is 25.3 Å². The van der Waals surface area contributed by atoms with Gasteiger partial charge in [0.05, 0.1) is 17.6 Å². The number of rotatable bonds is 5. The van der Waals surface area contributed by atoms with Crippen LogP contribution < -0.4 is 4.74 Å². The van der Waals surface area contributed by atoms with Crippen LogP contribution in [0, 0.1) is 5.41 Å². The van der Waals surface area contributed by atoms with E-state index in [1.54, 1.807) is 18.2 Å². The third-order valence-corrected chi connectivity index (χ3v) is 6.74. The molecule has 0 bridgehead atoms. The van der Waals surface area contributed by atoms with Gasteiger partial charge in [-0.25, -0.2) is 12.8 Å². The topological polar surface area (TPSA) is 43.4 Å². The summed E-state index contributed by atoms with van der Waals surface area (Å²) >= 11 is 0. The highest BCUT2D eigenvalue weighted by molar-refractivity contribution is 7.91. The summed E-state index contributed by atoms with van der Waals surface area (Å²) in [7, 11) is -2.79. The number of alkyl halides is 4. The maximum Gasteiger partial charge on any atom is 0.419 e. The molecule has 3 nitrogen and oxygen atoms in total. The largest absolute Gasteiger partial charge is 0.496 e. The Labute approximate surface area is 171 Å². The van der Waals surface area contributed by atoms with E-state index in [0.717, 1.165) is 24.5 Å². The van der Waals surface area contributed by atoms with Crippen LogP contribution in [0.3, 0.4) is 0 Å². The molecule has 1 fully saturated rings. The molecule has 2 aliphatic carbocycles. The molecule has 2 aromatic rings. The molecule has 2 aliphatic rings. The lowest BCUT2D eigenvalue weighted by Gasteiger charge is -2.16. The van der Waals surface area contributed by atoms with Gasteiger partial charge in [0.2, 0.25) is 9.84 Å². The molecule has 2 aromatic carbocycles. The summed E-state index contributed by atoms with van der Waals surface area (Å²) in [5, 5.41) is 0. The first-order valence-corrected chi connectivity index (χ1v) is 10.8. The van der Waals surface area contributed by atoms with Crippen molar-refractivity contribution in [3.8, 4) is 5.75 Å². The molecule has 0 unspecified atom stereocenters. The fraction of sp³-hybridized carbons (Fsp3) is 0.273. The molecule has 0 aromatic heterocycles. The van der Waals surface area contributed by atoms with Crippen LogP contribution >= 0.6 is 0 Å². The summed E-state index contributed by atoms with van der Waals surface area (Å²) in [6, 6.07) is 8.20. The Morgan fingerprint density at radius 2 is 1.53 bits per heavy atom. The molecule has 0 radical (unpaired) electrons. The van der Waals surface area contributed by atoms with E-state index in [-0.39, 0.29) is 16.1 Å². The van der Waals surface area contributed by atoms with E-state index in [1.807, 2.05) is 12.2 Å². The van der Waals surface area contributed by atoms with Crippen LogP contribution in [0.15, 0.2) is 59.5 Å². The lowest BCUT2D eigenvalue weighted by Crippen LogP contribution is -2.08. The summed E-state index contributed by atoms with van der Waals surface area (Å²) in [5.74, 6) is -0.253. The lowest BCUT2D eigenvalue weighted by atomic mass is 9.93. The van der Waals surface area contributed by atoms with Crippen molar-refractivity contribution in [2.75, 3.05) is 13.1 Å². The van der Waals surface area contributed by atoms with Crippen molar-refractivity contribution in [2.24, 2.45) is 5.41 Å². The van der Waals surface area contributed by atoms with Gasteiger partial charge >= 0.3 is 6.18 Å². The van der Waals surface area contributed by atoms with Gasteiger partial charge in [-0.2, -0.15) is 13.2 Å². The second-order valence-corrected chi connectivity index (χ2v) is 9.43. The van der Waals surface area contributed by atoms with E-state index in [2.05, 4.69) is 0 Å². The summed E-state index contributed by atoms with van der Waals surface area (Å²) < 4.78 is 81.4. The van der Waals surface area contributed by atoms with Crippen LogP contribution in [0.5, 0.6) is 5.75 Å². The predicted molar refractivity (Wildman–Crippen MR) is 105 cm³/mol. The maximum absolute atomic E-state index is 13.5. The van der Waals surface area contributed by atoms with Crippen LogP contribution in [-0.4, -0.2) is 21.5 Å². The number of benzene rings is 2. The number of halogens is 4. The summed E-state index contributed by atoms with van der Waals surface area (Å²) in [6.45, 7) is 0. The van der Waals surface area contributed by atoms with Crippen molar-refractivity contribution in [3.63, 3.8) is 0 Å². The number of methoxy groups -OCH3 is 1. The highest BCUT2D eigenvalue weighted by Gasteiger charge is 2.43. The Bertz CT molecular complexity index is 1160. The Morgan fingerprint density at radius 1 is 0.967 bits per heavy atom. The molecule has 0 heterocycles. The summed E-state index contributed by atoms with van der Waals surface area (Å²) in [5.41, 5.74) is 1.42. The highest BCUT2D eigenvalue weighted by atomic mass is 32.2. The van der Waals surface area contributed by atoms with E-state index < -0.39 is 27.6 Å². The molecular formula is C22H18F4O3S. The first kappa shape index (κ1) is 20.7. The highest BCUT2D eigenvalue weighted by Crippen LogP contribution is 2.58. The average Bonchev–Trinajstić information content (AvgIpc) is 3.37. The molecule has 0 saturated heterocycles. The molecule has 0 aliphatic heterocycles. The Kier molecular flexibility index (Phi) is 4.80. The van der Waals surface area contributed by atoms with Crippen LogP contribution in [0.4, 0.5) is 17.6 Å². The zero-order chi connectivity index (χ0) is 21.7. The average molecular weight is 438 g/mol. The number of ether oxygens (including phenoxy) is 1. The van der Waals surface area contributed by atoms with Gasteiger partial charge in [0.25, 0.3) is 0 Å². The molecule has 0 amide bonds. The van der Waals surface area contributed by atoms with Gasteiger partial charge in [-0.3, -0.25) is 0 Å². The quantitative estimate of drug-likeness (QED) is 0.565. The molecule has 1 saturated carbocycles. The summed E-state index contributed by atoms with van der Waals surface area (Å²) in [4.78, 5) is -0.136. The third kappa shape index (κ3) is 3.64. The van der Waals surface area contributed by atoms with Crippen molar-refractivity contribution >= 4 is 21.0 Å². The van der Waals surface area contributed by atoms with Gasteiger partial charge < -0.3 is 4.74 Å². The molecular weight excluding hydrogens is 420 g/mol. The number of hydrogen-bond donors (Lipinski definition) is 0. The van der Waals surface area contributed by atoms with Crippen LogP contribution in [0.2, 0.25) is 0 Å². The Hall–Kier alpha value is -2.61. The second-order valence-electron chi connectivity index (χ2n) is 7.51. The predicted octanol–water partition coefficient (Wildman–Crippen LogP) is 5.68. The van der Waals surface area contributed by atoms with Gasteiger partial charge in [0.15, 0.2) is 6.01 Å². The smallest absolute Gasteiger partial charge is 0.419 e. The molecule has 8 heteroatoms. The molecule has 0 atom stereocenters. The van der Waals surface area contributed by atoms with Crippen LogP contribution in [0.25, 0.3) is 11.1 Å². The Balaban J connectivity index is 1.77. The Morgan fingerprint density at radius 3 is 2.03 bits per heavy atom. The minimum Gasteiger partial charge on any atom is -0.496 e. The van der Waals surface area contributed by atoms with Crippen molar-refractivity contribution in [1.82, 2.24) is 0 Å². The molecule has 1 spiro atoms. The number of sulfone groups is 1. The minimum absolute atomic E-state index is 0.136. The zero-order valence-electron chi connectivity index (χ0n) is 16.0. The van der Waals surface area contributed by atoms with Gasteiger partial charge in [-0.15, -0.1) is 0 Å². The second kappa shape index (κ2) is 6.97. The fourth-order valence-electron chi connectivity index (χ4n) is 3.68. The van der Waals surface area contributed by atoms with Gasteiger partial charge in [0.1, 0.15) is 5.75 Å². The van der Waals surface area contributed by atoms with E-state index >= 15 is 0 Å². The van der Waals surface area contributed by atoms with Crippen LogP contribution in [-0.2, 0) is 16.0 Å². The first-order valence-electron chi connectivity index (χ1n) is 9.19. The van der Waals surface area contributed by atoms with Crippen LogP contribution in [0.1, 0.15) is 29.5 Å². The maximum atomic E-state index is 13.5. The standard InChI is InChI=1S/C22H18F4O3S/c1-29-20-7-4-15(10-19(20)22(24,25)26)18-12-21(8-9-21)11-17(18)14-2-5-16(6-3-14)30(27,28)13-23/h2-7,10-12H,8-9,13H2,1H3. The fourth-order valence-corrected chi connectivity index (χ4v) is 4.36. The van der Waals surface area contributed by atoms with Crippen molar-refractivity contribution in [2.45, 2.75) is 23.9 Å². The summed E-state index contributed by atoms with van der Waals surface area (Å²) in [6.07, 6.45) is 1.21. The number of allylic oxidation sites excluding steroid dienone is 4. The third-order valence-electron chi connectivity index (χ3n) is 5.47. The molecule has 30 heavy (non-hydrogen) atoms. The molecule has 0 N–H and O–H groups in total. The normalized spacial score (nSPS) is 17.6. The van der Waals surface area contributed by atoms with Gasteiger partial charge in [-0.1, -0.05) is 30.4 Å². The number of hydrogen-bond acceptors (Lipinski definition) is 3. The monoisotopic (exact) mass is 438 g/mol. The van der Waals surface area contributed by atoms with Gasteiger partial charge in [-0.05, 0) is 59.4 Å². The first-order chi connectivity index (χ1) is 14.1. The van der Waals surface area contributed by atoms with Gasteiger partial charge in [0, 0.05) is 5.41 Å². The van der Waals surface area contributed by atoms with Crippen molar-refractivity contribution < 1.29 is 30.7 Å². The van der Waals surface area contributed by atoms with E-state index in [0.29, 0.717) is 16.7 Å². The van der Waals surface area contributed by atoms with Crippen molar-refractivity contribution in [1.29, 1.82) is 0 Å². The molecule has 158 valence electrons. The molecule has 4 rings (SSSR count). The minimum atomic E-state index is -4.57. The SMILES string of the molecule is COc1ccc(C2=CC3(C=C2c2ccc(S(=O)(=O)CF)cc2)CC3)cc1C(F)(F)F. The van der Waals surface area contributed by atoms with E-state index in [9.17, 15) is 26.0 Å². The van der Waals surface area contributed by atoms with Crippen molar-refractivity contribution in [3.05, 3.63) is 71.3 Å². The lowest BCUT2D eigenvalue weighted by molar-refractivity contribution is -0.138. The van der Waals surface area contributed by atoms with E-state index in [4.69, 9.17) is 4.74 Å².